The van der Waals surface area contributed by atoms with Crippen LogP contribution in [0.5, 0.6) is 0 Å². The van der Waals surface area contributed by atoms with E-state index in [-0.39, 0.29) is 19.1 Å². The Morgan fingerprint density at radius 1 is 1.00 bits per heavy atom. The summed E-state index contributed by atoms with van der Waals surface area (Å²) in [4.78, 5) is 0.931. The van der Waals surface area contributed by atoms with E-state index in [1.54, 1.807) is 0 Å². The van der Waals surface area contributed by atoms with Crippen LogP contribution in [0.25, 0.3) is 0 Å². The van der Waals surface area contributed by atoms with E-state index in [4.69, 9.17) is 10.2 Å². The topological polar surface area (TPSA) is 40.5 Å². The van der Waals surface area contributed by atoms with Crippen molar-refractivity contribution in [3.8, 4) is 0 Å². The smallest absolute Gasteiger partial charge is 0.0436 e. The summed E-state index contributed by atoms with van der Waals surface area (Å²) in [6.07, 6.45) is 1.40. The fourth-order valence-corrected chi connectivity index (χ4v) is 1.68. The van der Waals surface area contributed by atoms with Gasteiger partial charge in [0.25, 0.3) is 0 Å². The van der Waals surface area contributed by atoms with Crippen molar-refractivity contribution in [2.45, 2.75) is 23.7 Å². The normalized spacial score (nSPS) is 10.9. The molecule has 0 saturated heterocycles. The van der Waals surface area contributed by atoms with E-state index in [0.717, 1.165) is 10.5 Å². The highest BCUT2D eigenvalue weighted by molar-refractivity contribution is 7.80. The maximum atomic E-state index is 8.88. The molecule has 1 aromatic rings. The summed E-state index contributed by atoms with van der Waals surface area (Å²) in [6.45, 7) is 0.320. The summed E-state index contributed by atoms with van der Waals surface area (Å²) in [6, 6.07) is 7.86. The molecule has 0 aliphatic rings. The van der Waals surface area contributed by atoms with Crippen molar-refractivity contribution in [3.05, 3.63) is 29.8 Å². The average Bonchev–Trinajstić information content (AvgIpc) is 2.19. The summed E-state index contributed by atoms with van der Waals surface area (Å²) in [7, 11) is 0. The first-order valence-corrected chi connectivity index (χ1v) is 5.23. The van der Waals surface area contributed by atoms with Gasteiger partial charge in [-0.2, -0.15) is 0 Å². The largest absolute Gasteiger partial charge is 0.396 e. The molecule has 0 fully saturated rings. The van der Waals surface area contributed by atoms with Crippen LogP contribution in [-0.2, 0) is 0 Å². The van der Waals surface area contributed by atoms with Crippen molar-refractivity contribution in [2.75, 3.05) is 13.2 Å². The summed E-state index contributed by atoms with van der Waals surface area (Å²) in [5.74, 6) is 0.249. The maximum absolute atomic E-state index is 8.88. The number of rotatable bonds is 5. The molecule has 1 aromatic carbocycles. The van der Waals surface area contributed by atoms with Gasteiger partial charge < -0.3 is 10.2 Å². The molecule has 0 aromatic heterocycles. The number of thiol groups is 1. The van der Waals surface area contributed by atoms with E-state index in [1.807, 2.05) is 24.3 Å². The van der Waals surface area contributed by atoms with Crippen molar-refractivity contribution < 1.29 is 10.2 Å². The monoisotopic (exact) mass is 212 g/mol. The van der Waals surface area contributed by atoms with Gasteiger partial charge in [0.1, 0.15) is 0 Å². The third kappa shape index (κ3) is 3.33. The van der Waals surface area contributed by atoms with Crippen LogP contribution in [0.15, 0.2) is 29.2 Å². The van der Waals surface area contributed by atoms with Crippen molar-refractivity contribution in [1.82, 2.24) is 0 Å². The van der Waals surface area contributed by atoms with Gasteiger partial charge in [0.2, 0.25) is 0 Å². The SMILES string of the molecule is OCCC(CCO)c1ccc(S)cc1. The highest BCUT2D eigenvalue weighted by Crippen LogP contribution is 2.23. The minimum atomic E-state index is 0.160. The van der Waals surface area contributed by atoms with Gasteiger partial charge in [0.15, 0.2) is 0 Å². The molecule has 0 bridgehead atoms. The van der Waals surface area contributed by atoms with E-state index in [9.17, 15) is 0 Å². The molecule has 2 N–H and O–H groups in total. The molecule has 0 unspecified atom stereocenters. The zero-order valence-corrected chi connectivity index (χ0v) is 8.95. The summed E-state index contributed by atoms with van der Waals surface area (Å²) < 4.78 is 0. The number of aliphatic hydroxyl groups is 2. The Hall–Kier alpha value is -0.510. The van der Waals surface area contributed by atoms with E-state index >= 15 is 0 Å². The van der Waals surface area contributed by atoms with Gasteiger partial charge in [-0.1, -0.05) is 12.1 Å². The standard InChI is InChI=1S/C11H16O2S/c12-7-5-10(6-8-13)9-1-3-11(14)4-2-9/h1-4,10,12-14H,5-8H2. The third-order valence-electron chi connectivity index (χ3n) is 2.32. The Morgan fingerprint density at radius 2 is 1.50 bits per heavy atom. The molecule has 0 amide bonds. The molecule has 1 rings (SSSR count). The lowest BCUT2D eigenvalue weighted by atomic mass is 9.93. The van der Waals surface area contributed by atoms with Gasteiger partial charge in [-0.3, -0.25) is 0 Å². The van der Waals surface area contributed by atoms with E-state index in [2.05, 4.69) is 12.6 Å². The van der Waals surface area contributed by atoms with Gasteiger partial charge in [0.05, 0.1) is 0 Å². The van der Waals surface area contributed by atoms with Gasteiger partial charge >= 0.3 is 0 Å². The Morgan fingerprint density at radius 3 is 1.93 bits per heavy atom. The molecule has 14 heavy (non-hydrogen) atoms. The van der Waals surface area contributed by atoms with Gasteiger partial charge in [-0.05, 0) is 36.5 Å². The molecule has 3 heteroatoms. The van der Waals surface area contributed by atoms with Crippen LogP contribution >= 0.6 is 12.6 Å². The summed E-state index contributed by atoms with van der Waals surface area (Å²) in [5, 5.41) is 17.8. The lowest BCUT2D eigenvalue weighted by Crippen LogP contribution is -2.03. The van der Waals surface area contributed by atoms with E-state index < -0.39 is 0 Å². The van der Waals surface area contributed by atoms with E-state index in [1.165, 1.54) is 0 Å². The summed E-state index contributed by atoms with van der Waals surface area (Å²) >= 11 is 4.21. The predicted octanol–water partition coefficient (Wildman–Crippen LogP) is 1.82. The van der Waals surface area contributed by atoms with Gasteiger partial charge in [-0.15, -0.1) is 12.6 Å². The predicted molar refractivity (Wildman–Crippen MR) is 59.8 cm³/mol. The minimum Gasteiger partial charge on any atom is -0.396 e. The highest BCUT2D eigenvalue weighted by atomic mass is 32.1. The molecule has 0 aliphatic carbocycles. The number of hydrogen-bond acceptors (Lipinski definition) is 3. The first-order chi connectivity index (χ1) is 6.77. The zero-order chi connectivity index (χ0) is 10.4. The molecule has 0 saturated carbocycles. The number of aliphatic hydroxyl groups excluding tert-OH is 2. The second-order valence-electron chi connectivity index (χ2n) is 3.31. The average molecular weight is 212 g/mol. The first-order valence-electron chi connectivity index (χ1n) is 4.78. The Kier molecular flexibility index (Phi) is 5.01. The van der Waals surface area contributed by atoms with Gasteiger partial charge in [-0.25, -0.2) is 0 Å². The van der Waals surface area contributed by atoms with Crippen molar-refractivity contribution >= 4 is 12.6 Å². The summed E-state index contributed by atoms with van der Waals surface area (Å²) in [5.41, 5.74) is 1.16. The number of hydrogen-bond donors (Lipinski definition) is 3. The van der Waals surface area contributed by atoms with Crippen LogP contribution in [0.4, 0.5) is 0 Å². The lowest BCUT2D eigenvalue weighted by molar-refractivity contribution is 0.242. The van der Waals surface area contributed by atoms with Crippen molar-refractivity contribution in [1.29, 1.82) is 0 Å². The fraction of sp³-hybridized carbons (Fsp3) is 0.455. The molecule has 78 valence electrons. The Labute approximate surface area is 90.0 Å². The molecule has 2 nitrogen and oxygen atoms in total. The van der Waals surface area contributed by atoms with Crippen LogP contribution < -0.4 is 0 Å². The number of benzene rings is 1. The van der Waals surface area contributed by atoms with Crippen LogP contribution in [0, 0.1) is 0 Å². The Balaban J connectivity index is 2.71. The van der Waals surface area contributed by atoms with Crippen LogP contribution in [0.3, 0.4) is 0 Å². The molecule has 0 spiro atoms. The van der Waals surface area contributed by atoms with Crippen LogP contribution in [0.2, 0.25) is 0 Å². The molecule has 0 radical (unpaired) electrons. The van der Waals surface area contributed by atoms with E-state index in [0.29, 0.717) is 12.8 Å². The molecule has 0 aliphatic heterocycles. The second kappa shape index (κ2) is 6.06. The Bertz CT molecular complexity index is 252. The zero-order valence-electron chi connectivity index (χ0n) is 8.06. The van der Waals surface area contributed by atoms with Crippen LogP contribution in [0.1, 0.15) is 24.3 Å². The first kappa shape index (κ1) is 11.6. The van der Waals surface area contributed by atoms with Crippen molar-refractivity contribution in [3.63, 3.8) is 0 Å². The quantitative estimate of drug-likeness (QED) is 0.652. The molecular weight excluding hydrogens is 196 g/mol. The third-order valence-corrected chi connectivity index (χ3v) is 2.62. The molecule has 0 heterocycles. The highest BCUT2D eigenvalue weighted by Gasteiger charge is 2.09. The van der Waals surface area contributed by atoms with Gasteiger partial charge in [0, 0.05) is 18.1 Å². The van der Waals surface area contributed by atoms with Crippen LogP contribution in [-0.4, -0.2) is 23.4 Å². The molecular formula is C11H16O2S. The molecule has 0 atom stereocenters. The second-order valence-corrected chi connectivity index (χ2v) is 3.83. The fourth-order valence-electron chi connectivity index (χ4n) is 1.54. The van der Waals surface area contributed by atoms with Crippen molar-refractivity contribution in [2.24, 2.45) is 0 Å². The minimum absolute atomic E-state index is 0.160. The maximum Gasteiger partial charge on any atom is 0.0436 e. The lowest BCUT2D eigenvalue weighted by Gasteiger charge is -2.14.